The minimum Gasteiger partial charge on any atom is -0.375 e. The second-order valence-electron chi connectivity index (χ2n) is 3.83. The molecule has 0 bridgehead atoms. The van der Waals surface area contributed by atoms with Crippen LogP contribution >= 0.6 is 22.7 Å². The maximum absolute atomic E-state index is 13.9. The SMILES string of the molecule is Nc1nc(-c2ccc(F)cc2F)c(-c2cccs2)s1. The summed E-state index contributed by atoms with van der Waals surface area (Å²) in [5.41, 5.74) is 6.44. The lowest BCUT2D eigenvalue weighted by molar-refractivity contribution is 0.585. The molecule has 0 fully saturated rings. The fourth-order valence-corrected chi connectivity index (χ4v) is 3.48. The van der Waals surface area contributed by atoms with Gasteiger partial charge in [-0.3, -0.25) is 0 Å². The molecule has 3 rings (SSSR count). The molecule has 96 valence electrons. The van der Waals surface area contributed by atoms with E-state index in [9.17, 15) is 8.78 Å². The van der Waals surface area contributed by atoms with Gasteiger partial charge in [-0.2, -0.15) is 0 Å². The average molecular weight is 294 g/mol. The highest BCUT2D eigenvalue weighted by Crippen LogP contribution is 2.40. The van der Waals surface area contributed by atoms with Gasteiger partial charge >= 0.3 is 0 Å². The van der Waals surface area contributed by atoms with Crippen LogP contribution in [0.25, 0.3) is 21.0 Å². The van der Waals surface area contributed by atoms with Gasteiger partial charge in [0.15, 0.2) is 5.13 Å². The summed E-state index contributed by atoms with van der Waals surface area (Å²) in [5.74, 6) is -1.25. The molecule has 0 radical (unpaired) electrons. The van der Waals surface area contributed by atoms with Crippen molar-refractivity contribution in [2.45, 2.75) is 0 Å². The first kappa shape index (κ1) is 12.3. The number of rotatable bonds is 2. The topological polar surface area (TPSA) is 38.9 Å². The number of thiophene rings is 1. The second kappa shape index (κ2) is 4.71. The average Bonchev–Trinajstić information content (AvgIpc) is 2.97. The molecule has 2 nitrogen and oxygen atoms in total. The van der Waals surface area contributed by atoms with Crippen LogP contribution in [0.4, 0.5) is 13.9 Å². The molecule has 0 saturated heterocycles. The van der Waals surface area contributed by atoms with E-state index >= 15 is 0 Å². The lowest BCUT2D eigenvalue weighted by Crippen LogP contribution is -1.89. The Morgan fingerprint density at radius 1 is 1.16 bits per heavy atom. The number of aromatic nitrogens is 1. The second-order valence-corrected chi connectivity index (χ2v) is 5.81. The van der Waals surface area contributed by atoms with E-state index < -0.39 is 11.6 Å². The first-order chi connectivity index (χ1) is 9.15. The summed E-state index contributed by atoms with van der Waals surface area (Å²) in [5, 5.41) is 2.29. The molecule has 0 atom stereocenters. The molecule has 0 amide bonds. The van der Waals surface area contributed by atoms with Gasteiger partial charge in [-0.15, -0.1) is 11.3 Å². The van der Waals surface area contributed by atoms with E-state index in [-0.39, 0.29) is 5.56 Å². The lowest BCUT2D eigenvalue weighted by Gasteiger charge is -2.02. The van der Waals surface area contributed by atoms with Gasteiger partial charge in [0.05, 0.1) is 10.6 Å². The van der Waals surface area contributed by atoms with Crippen molar-refractivity contribution in [1.82, 2.24) is 4.98 Å². The summed E-state index contributed by atoms with van der Waals surface area (Å²) in [6.45, 7) is 0. The van der Waals surface area contributed by atoms with Gasteiger partial charge in [0.25, 0.3) is 0 Å². The van der Waals surface area contributed by atoms with Crippen LogP contribution < -0.4 is 5.73 Å². The Morgan fingerprint density at radius 2 is 2.00 bits per heavy atom. The van der Waals surface area contributed by atoms with E-state index in [2.05, 4.69) is 4.98 Å². The van der Waals surface area contributed by atoms with Crippen molar-refractivity contribution in [1.29, 1.82) is 0 Å². The zero-order valence-corrected chi connectivity index (χ0v) is 11.2. The maximum atomic E-state index is 13.9. The normalized spacial score (nSPS) is 10.8. The molecular formula is C13H8F2N2S2. The summed E-state index contributed by atoms with van der Waals surface area (Å²) in [6, 6.07) is 7.27. The molecule has 0 unspecified atom stereocenters. The highest BCUT2D eigenvalue weighted by Gasteiger charge is 2.17. The molecule has 2 heterocycles. The number of hydrogen-bond donors (Lipinski definition) is 1. The lowest BCUT2D eigenvalue weighted by atomic mass is 10.1. The van der Waals surface area contributed by atoms with Gasteiger partial charge < -0.3 is 5.73 Å². The number of thiazole rings is 1. The van der Waals surface area contributed by atoms with Crippen LogP contribution in [0.15, 0.2) is 35.7 Å². The molecule has 0 aliphatic heterocycles. The van der Waals surface area contributed by atoms with E-state index in [1.54, 1.807) is 0 Å². The Hall–Kier alpha value is -1.79. The molecule has 1 aromatic carbocycles. The van der Waals surface area contributed by atoms with Gasteiger partial charge in [-0.1, -0.05) is 17.4 Å². The molecule has 2 aromatic heterocycles. The third kappa shape index (κ3) is 2.24. The molecule has 3 aromatic rings. The summed E-state index contributed by atoms with van der Waals surface area (Å²) >= 11 is 2.82. The van der Waals surface area contributed by atoms with Crippen molar-refractivity contribution in [3.05, 3.63) is 47.3 Å². The van der Waals surface area contributed by atoms with E-state index in [1.807, 2.05) is 17.5 Å². The predicted molar refractivity (Wildman–Crippen MR) is 75.2 cm³/mol. The van der Waals surface area contributed by atoms with Crippen molar-refractivity contribution >= 4 is 27.8 Å². The van der Waals surface area contributed by atoms with E-state index in [0.717, 1.165) is 15.8 Å². The summed E-state index contributed by atoms with van der Waals surface area (Å²) < 4.78 is 26.8. The van der Waals surface area contributed by atoms with Crippen LogP contribution in [0.2, 0.25) is 0 Å². The van der Waals surface area contributed by atoms with Crippen LogP contribution in [0.3, 0.4) is 0 Å². The number of nitrogens with zero attached hydrogens (tertiary/aromatic N) is 1. The smallest absolute Gasteiger partial charge is 0.181 e. The summed E-state index contributed by atoms with van der Waals surface area (Å²) in [7, 11) is 0. The Morgan fingerprint density at radius 3 is 2.68 bits per heavy atom. The number of anilines is 1. The Kier molecular flexibility index (Phi) is 3.04. The fraction of sp³-hybridized carbons (Fsp3) is 0. The Bertz CT molecular complexity index is 720. The molecule has 2 N–H and O–H groups in total. The first-order valence-electron chi connectivity index (χ1n) is 5.41. The molecule has 19 heavy (non-hydrogen) atoms. The number of nitrogens with two attached hydrogens (primary N) is 1. The Labute approximate surface area is 116 Å². The maximum Gasteiger partial charge on any atom is 0.181 e. The summed E-state index contributed by atoms with van der Waals surface area (Å²) in [4.78, 5) is 5.94. The van der Waals surface area contributed by atoms with Crippen LogP contribution in [0.1, 0.15) is 0 Å². The minimum atomic E-state index is -0.636. The van der Waals surface area contributed by atoms with E-state index in [4.69, 9.17) is 5.73 Å². The first-order valence-corrected chi connectivity index (χ1v) is 7.10. The van der Waals surface area contributed by atoms with Crippen LogP contribution in [0.5, 0.6) is 0 Å². The van der Waals surface area contributed by atoms with Gasteiger partial charge in [0.1, 0.15) is 11.6 Å². The summed E-state index contributed by atoms with van der Waals surface area (Å²) in [6.07, 6.45) is 0. The minimum absolute atomic E-state index is 0.262. The fourth-order valence-electron chi connectivity index (χ4n) is 1.78. The van der Waals surface area contributed by atoms with Crippen molar-refractivity contribution in [2.24, 2.45) is 0 Å². The number of hydrogen-bond acceptors (Lipinski definition) is 4. The van der Waals surface area contributed by atoms with Gasteiger partial charge in [-0.05, 0) is 23.6 Å². The van der Waals surface area contributed by atoms with Crippen molar-refractivity contribution in [2.75, 3.05) is 5.73 Å². The highest BCUT2D eigenvalue weighted by molar-refractivity contribution is 7.23. The largest absolute Gasteiger partial charge is 0.375 e. The van der Waals surface area contributed by atoms with Gasteiger partial charge in [0.2, 0.25) is 0 Å². The van der Waals surface area contributed by atoms with Crippen molar-refractivity contribution in [3.63, 3.8) is 0 Å². The van der Waals surface area contributed by atoms with Crippen LogP contribution in [-0.4, -0.2) is 4.98 Å². The van der Waals surface area contributed by atoms with Crippen LogP contribution in [0, 0.1) is 11.6 Å². The number of halogens is 2. The van der Waals surface area contributed by atoms with Crippen molar-refractivity contribution in [3.8, 4) is 21.0 Å². The quantitative estimate of drug-likeness (QED) is 0.761. The Balaban J connectivity index is 2.20. The van der Waals surface area contributed by atoms with Gasteiger partial charge in [0, 0.05) is 16.5 Å². The third-order valence-electron chi connectivity index (χ3n) is 2.57. The van der Waals surface area contributed by atoms with Crippen molar-refractivity contribution < 1.29 is 8.78 Å². The monoisotopic (exact) mass is 294 g/mol. The third-order valence-corrected chi connectivity index (χ3v) is 4.51. The molecule has 0 spiro atoms. The molecule has 6 heteroatoms. The van der Waals surface area contributed by atoms with E-state index in [1.165, 1.54) is 34.8 Å². The highest BCUT2D eigenvalue weighted by atomic mass is 32.1. The van der Waals surface area contributed by atoms with Crippen LogP contribution in [-0.2, 0) is 0 Å². The van der Waals surface area contributed by atoms with Gasteiger partial charge in [-0.25, -0.2) is 13.8 Å². The standard InChI is InChI=1S/C13H8F2N2S2/c14-7-3-4-8(9(15)6-7)11-12(19-13(16)17-11)10-2-1-5-18-10/h1-6H,(H2,16,17). The molecule has 0 aliphatic rings. The number of benzene rings is 1. The predicted octanol–water partition coefficient (Wildman–Crippen LogP) is 4.40. The molecule has 0 aliphatic carbocycles. The number of nitrogen functional groups attached to an aromatic ring is 1. The molecule has 0 saturated carbocycles. The zero-order valence-electron chi connectivity index (χ0n) is 9.56. The van der Waals surface area contributed by atoms with E-state index in [0.29, 0.717) is 10.8 Å². The zero-order chi connectivity index (χ0) is 13.4. The molecular weight excluding hydrogens is 286 g/mol.